The third kappa shape index (κ3) is 78.5. The van der Waals surface area contributed by atoms with E-state index in [0.29, 0.717) is 25.7 Å². The van der Waals surface area contributed by atoms with Crippen LogP contribution in [-0.4, -0.2) is 96.7 Å². The predicted octanol–water partition coefficient (Wildman–Crippen LogP) is 26.1. The minimum Gasteiger partial charge on any atom is -0.462 e. The molecule has 3 unspecified atom stereocenters. The molecule has 0 fully saturated rings. The molecule has 3 N–H and O–H groups in total. The Morgan fingerprint density at radius 1 is 0.276 bits per heavy atom. The van der Waals surface area contributed by atoms with Crippen molar-refractivity contribution in [1.82, 2.24) is 0 Å². The van der Waals surface area contributed by atoms with Crippen LogP contribution in [0.5, 0.6) is 0 Å². The molecular formula is C86H168O17P2. The molecule has 6 atom stereocenters. The van der Waals surface area contributed by atoms with Gasteiger partial charge in [-0.05, 0) is 43.4 Å². The number of rotatable bonds is 84. The van der Waals surface area contributed by atoms with Gasteiger partial charge in [0.15, 0.2) is 12.2 Å². The highest BCUT2D eigenvalue weighted by Crippen LogP contribution is 2.45. The van der Waals surface area contributed by atoms with Crippen molar-refractivity contribution in [3.8, 4) is 0 Å². The lowest BCUT2D eigenvalue weighted by molar-refractivity contribution is -0.161. The molecule has 0 rings (SSSR count). The van der Waals surface area contributed by atoms with E-state index < -0.39 is 97.5 Å². The molecule has 0 aromatic carbocycles. The van der Waals surface area contributed by atoms with Gasteiger partial charge in [-0.3, -0.25) is 37.3 Å². The Balaban J connectivity index is 5.25. The van der Waals surface area contributed by atoms with Crippen molar-refractivity contribution < 1.29 is 80.2 Å². The van der Waals surface area contributed by atoms with E-state index in [1.54, 1.807) is 0 Å². The van der Waals surface area contributed by atoms with Crippen LogP contribution in [0, 0.1) is 17.8 Å². The van der Waals surface area contributed by atoms with Crippen LogP contribution in [0.4, 0.5) is 0 Å². The van der Waals surface area contributed by atoms with Crippen LogP contribution in [0.2, 0.25) is 0 Å². The van der Waals surface area contributed by atoms with Crippen molar-refractivity contribution in [3.63, 3.8) is 0 Å². The summed E-state index contributed by atoms with van der Waals surface area (Å²) >= 11 is 0. The van der Waals surface area contributed by atoms with Gasteiger partial charge in [0.2, 0.25) is 0 Å². The fraction of sp³-hybridized carbons (Fsp3) is 0.953. The largest absolute Gasteiger partial charge is 0.472 e. The monoisotopic (exact) mass is 1540 g/mol. The molecule has 17 nitrogen and oxygen atoms in total. The third-order valence-electron chi connectivity index (χ3n) is 20.5. The predicted molar refractivity (Wildman–Crippen MR) is 432 cm³/mol. The SMILES string of the molecule is CCCCCCCCCCCCCCCCCCCC(=O)O[C@H](COC(=O)CCCCCCCCCCC(C)C)COP(=O)(O)OC[C@H](O)COP(=O)(O)OC[C@@H](COC(=O)CCCCCCCCCCCCCCCCC(C)CC)OC(=O)CCCCCCCCCCCCCCCCCCC(C)C. The van der Waals surface area contributed by atoms with Crippen molar-refractivity contribution >= 4 is 39.5 Å². The first-order valence-corrected chi connectivity index (χ1v) is 47.4. The van der Waals surface area contributed by atoms with Crippen molar-refractivity contribution in [3.05, 3.63) is 0 Å². The lowest BCUT2D eigenvalue weighted by Crippen LogP contribution is -2.30. The molecule has 0 aliphatic rings. The summed E-state index contributed by atoms with van der Waals surface area (Å²) in [6.45, 7) is 12.0. The second kappa shape index (κ2) is 76.1. The van der Waals surface area contributed by atoms with Gasteiger partial charge in [-0.25, -0.2) is 9.13 Å². The summed E-state index contributed by atoms with van der Waals surface area (Å²) in [4.78, 5) is 73.2. The molecule has 19 heteroatoms. The topological polar surface area (TPSA) is 237 Å². The number of carbonyl (C=O) groups excluding carboxylic acids is 4. The van der Waals surface area contributed by atoms with E-state index >= 15 is 0 Å². The molecule has 105 heavy (non-hydrogen) atoms. The molecule has 624 valence electrons. The van der Waals surface area contributed by atoms with Gasteiger partial charge in [0.25, 0.3) is 0 Å². The number of ether oxygens (including phenoxy) is 4. The molecule has 0 bridgehead atoms. The Morgan fingerprint density at radius 3 is 0.724 bits per heavy atom. The third-order valence-corrected chi connectivity index (χ3v) is 22.4. The molecule has 0 aliphatic carbocycles. The van der Waals surface area contributed by atoms with E-state index in [1.165, 1.54) is 263 Å². The van der Waals surface area contributed by atoms with E-state index in [9.17, 15) is 43.2 Å². The number of phosphoric ester groups is 2. The first-order chi connectivity index (χ1) is 50.8. The van der Waals surface area contributed by atoms with E-state index in [1.807, 2.05) is 0 Å². The Kier molecular flexibility index (Phi) is 74.7. The van der Waals surface area contributed by atoms with Gasteiger partial charge >= 0.3 is 39.5 Å². The summed E-state index contributed by atoms with van der Waals surface area (Å²) in [6.07, 6.45) is 66.6. The number of esters is 4. The second-order valence-electron chi connectivity index (χ2n) is 32.1. The van der Waals surface area contributed by atoms with Gasteiger partial charge in [0, 0.05) is 25.7 Å². The molecule has 0 radical (unpaired) electrons. The van der Waals surface area contributed by atoms with Gasteiger partial charge in [0.1, 0.15) is 19.3 Å². The fourth-order valence-corrected chi connectivity index (χ4v) is 14.9. The lowest BCUT2D eigenvalue weighted by atomic mass is 9.99. The average Bonchev–Trinajstić information content (AvgIpc) is 0.908. The van der Waals surface area contributed by atoms with Gasteiger partial charge in [-0.2, -0.15) is 0 Å². The highest BCUT2D eigenvalue weighted by atomic mass is 31.2. The van der Waals surface area contributed by atoms with Gasteiger partial charge in [-0.15, -0.1) is 0 Å². The number of aliphatic hydroxyl groups is 1. The molecule has 0 aromatic rings. The van der Waals surface area contributed by atoms with Crippen molar-refractivity contribution in [2.75, 3.05) is 39.6 Å². The van der Waals surface area contributed by atoms with Crippen molar-refractivity contribution in [2.45, 2.75) is 471 Å². The summed E-state index contributed by atoms with van der Waals surface area (Å²) in [7, 11) is -9.93. The zero-order valence-corrected chi connectivity index (χ0v) is 71.0. The van der Waals surface area contributed by atoms with Gasteiger partial charge in [-0.1, -0.05) is 402 Å². The van der Waals surface area contributed by atoms with E-state index in [2.05, 4.69) is 48.5 Å². The number of hydrogen-bond donors (Lipinski definition) is 3. The van der Waals surface area contributed by atoms with Crippen LogP contribution < -0.4 is 0 Å². The van der Waals surface area contributed by atoms with E-state index in [0.717, 1.165) is 108 Å². The summed E-state index contributed by atoms with van der Waals surface area (Å²) in [5.41, 5.74) is 0. The Labute approximate surface area is 645 Å². The van der Waals surface area contributed by atoms with Crippen molar-refractivity contribution in [2.24, 2.45) is 17.8 Å². The Bertz CT molecular complexity index is 2030. The molecule has 0 aliphatic heterocycles. The summed E-state index contributed by atoms with van der Waals surface area (Å²) in [5, 5.41) is 10.7. The van der Waals surface area contributed by atoms with Crippen LogP contribution >= 0.6 is 15.6 Å². The lowest BCUT2D eigenvalue weighted by Gasteiger charge is -2.21. The second-order valence-corrected chi connectivity index (χ2v) is 35.0. The van der Waals surface area contributed by atoms with E-state index in [4.69, 9.17) is 37.0 Å². The molecule has 0 spiro atoms. The highest BCUT2D eigenvalue weighted by molar-refractivity contribution is 7.47. The summed E-state index contributed by atoms with van der Waals surface area (Å²) in [5.74, 6) is 0.282. The van der Waals surface area contributed by atoms with Gasteiger partial charge in [0.05, 0.1) is 26.4 Å². The minimum absolute atomic E-state index is 0.108. The number of carbonyl (C=O) groups is 4. The quantitative estimate of drug-likeness (QED) is 0.0222. The van der Waals surface area contributed by atoms with Crippen LogP contribution in [0.3, 0.4) is 0 Å². The first kappa shape index (κ1) is 103. The summed E-state index contributed by atoms with van der Waals surface area (Å²) < 4.78 is 68.9. The zero-order valence-electron chi connectivity index (χ0n) is 69.2. The molecular weight excluding hydrogens is 1370 g/mol. The number of hydrogen-bond acceptors (Lipinski definition) is 15. The molecule has 0 aromatic heterocycles. The standard InChI is InChI=1S/C86H168O17P2/c1-8-10-11-12-13-14-15-16-17-18-22-29-34-39-48-55-62-70-86(91)103-82(74-97-84(89)68-61-54-47-42-41-44-51-58-65-78(5)6)76-101-105(94,95)99-72-80(87)71-98-104(92,93)100-75-81(73-96-83(88)67-60-53-46-38-33-28-25-24-27-32-37-45-52-59-66-79(7)9-2)102-85(90)69-63-56-49-40-35-30-23-20-19-21-26-31-36-43-50-57-64-77(3)4/h77-82,87H,8-76H2,1-7H3,(H,92,93)(H,94,95)/t79?,80-,81-,82-/m1/s1. The molecule has 0 amide bonds. The number of unbranched alkanes of at least 4 members (excludes halogenated alkanes) is 51. The smallest absolute Gasteiger partial charge is 0.462 e. The number of phosphoric acid groups is 2. The molecule has 0 heterocycles. The van der Waals surface area contributed by atoms with E-state index in [-0.39, 0.29) is 25.7 Å². The minimum atomic E-state index is -4.97. The highest BCUT2D eigenvalue weighted by Gasteiger charge is 2.30. The van der Waals surface area contributed by atoms with Crippen LogP contribution in [0.15, 0.2) is 0 Å². The normalized spacial score (nSPS) is 14.1. The van der Waals surface area contributed by atoms with Crippen LogP contribution in [0.1, 0.15) is 453 Å². The Morgan fingerprint density at radius 2 is 0.486 bits per heavy atom. The first-order valence-electron chi connectivity index (χ1n) is 44.4. The average molecular weight is 1540 g/mol. The maximum atomic E-state index is 13.1. The summed E-state index contributed by atoms with van der Waals surface area (Å²) in [6, 6.07) is 0. The zero-order chi connectivity index (χ0) is 77.2. The maximum absolute atomic E-state index is 13.1. The Hall–Kier alpha value is -1.94. The fourth-order valence-electron chi connectivity index (χ4n) is 13.3. The number of aliphatic hydroxyl groups excluding tert-OH is 1. The van der Waals surface area contributed by atoms with Crippen molar-refractivity contribution in [1.29, 1.82) is 0 Å². The van der Waals surface area contributed by atoms with Crippen LogP contribution in [0.25, 0.3) is 0 Å². The molecule has 0 saturated carbocycles. The maximum Gasteiger partial charge on any atom is 0.472 e. The van der Waals surface area contributed by atoms with Gasteiger partial charge < -0.3 is 33.8 Å². The van der Waals surface area contributed by atoms with Crippen LogP contribution in [-0.2, 0) is 65.4 Å². The molecule has 0 saturated heterocycles.